The van der Waals surface area contributed by atoms with Gasteiger partial charge in [-0.3, -0.25) is 0 Å². The van der Waals surface area contributed by atoms with Crippen LogP contribution < -0.4 is 4.74 Å². The molecule has 0 radical (unpaired) electrons. The summed E-state index contributed by atoms with van der Waals surface area (Å²) in [6.07, 6.45) is 0.516. The Hall–Kier alpha value is -1.20. The van der Waals surface area contributed by atoms with Crippen LogP contribution in [0.4, 0.5) is 0 Å². The van der Waals surface area contributed by atoms with Gasteiger partial charge >= 0.3 is 0 Å². The predicted octanol–water partition coefficient (Wildman–Crippen LogP) is 2.37. The van der Waals surface area contributed by atoms with Gasteiger partial charge in [0.25, 0.3) is 0 Å². The minimum absolute atomic E-state index is 0.490. The van der Waals surface area contributed by atoms with Crippen molar-refractivity contribution in [1.82, 2.24) is 0 Å². The molecule has 3 heteroatoms. The molecule has 0 bridgehead atoms. The van der Waals surface area contributed by atoms with Crippen LogP contribution in [0.25, 0.3) is 0 Å². The molecule has 0 saturated carbocycles. The molecule has 0 spiro atoms. The van der Waals surface area contributed by atoms with Gasteiger partial charge in [0, 0.05) is 6.42 Å². The molecule has 0 saturated heterocycles. The first kappa shape index (κ1) is 9.88. The Morgan fingerprint density at radius 2 is 2.23 bits per heavy atom. The van der Waals surface area contributed by atoms with Crippen molar-refractivity contribution in [2.24, 2.45) is 0 Å². The van der Waals surface area contributed by atoms with Gasteiger partial charge in [0.1, 0.15) is 11.1 Å². The molecule has 68 valence electrons. The monoisotopic (exact) mass is 195 g/mol. The molecule has 0 aliphatic rings. The van der Waals surface area contributed by atoms with Crippen molar-refractivity contribution < 1.29 is 4.74 Å². The van der Waals surface area contributed by atoms with Gasteiger partial charge in [-0.05, 0) is 11.6 Å². The van der Waals surface area contributed by atoms with Crippen LogP contribution in [-0.2, 0) is 6.42 Å². The van der Waals surface area contributed by atoms with Crippen LogP contribution in [-0.4, -0.2) is 12.5 Å². The van der Waals surface area contributed by atoms with Gasteiger partial charge < -0.3 is 4.74 Å². The standard InChI is InChI=1S/C10H10ClNO/c1-13-10-5-3-2-4-8(10)6-9(11)7-12/h2-5,9H,6H2,1H3. The third-order valence-corrected chi connectivity index (χ3v) is 1.98. The van der Waals surface area contributed by atoms with Gasteiger partial charge in [0.2, 0.25) is 0 Å². The second kappa shape index (κ2) is 4.74. The number of para-hydroxylation sites is 1. The van der Waals surface area contributed by atoms with Crippen molar-refractivity contribution in [3.05, 3.63) is 29.8 Å². The molecule has 1 aromatic rings. The molecule has 1 atom stereocenters. The third-order valence-electron chi connectivity index (χ3n) is 1.73. The molecule has 0 amide bonds. The van der Waals surface area contributed by atoms with Crippen LogP contribution in [0, 0.1) is 11.3 Å². The number of alkyl halides is 1. The first-order valence-corrected chi connectivity index (χ1v) is 4.37. The van der Waals surface area contributed by atoms with E-state index >= 15 is 0 Å². The average molecular weight is 196 g/mol. The van der Waals surface area contributed by atoms with Crippen LogP contribution in [0.2, 0.25) is 0 Å². The number of hydrogen-bond donors (Lipinski definition) is 0. The van der Waals surface area contributed by atoms with Crippen LogP contribution >= 0.6 is 11.6 Å². The van der Waals surface area contributed by atoms with Crippen LogP contribution in [0.3, 0.4) is 0 Å². The van der Waals surface area contributed by atoms with Gasteiger partial charge in [0.05, 0.1) is 13.2 Å². The second-order valence-electron chi connectivity index (χ2n) is 2.61. The normalized spacial score (nSPS) is 11.8. The van der Waals surface area contributed by atoms with E-state index in [1.165, 1.54) is 0 Å². The van der Waals surface area contributed by atoms with Crippen LogP contribution in [0.15, 0.2) is 24.3 Å². The molecule has 0 N–H and O–H groups in total. The Kier molecular flexibility index (Phi) is 3.60. The Balaban J connectivity index is 2.82. The van der Waals surface area contributed by atoms with E-state index in [1.54, 1.807) is 7.11 Å². The summed E-state index contributed by atoms with van der Waals surface area (Å²) in [7, 11) is 1.61. The lowest BCUT2D eigenvalue weighted by molar-refractivity contribution is 0.410. The lowest BCUT2D eigenvalue weighted by atomic mass is 10.1. The summed E-state index contributed by atoms with van der Waals surface area (Å²) in [6, 6.07) is 9.53. The Labute approximate surface area is 82.7 Å². The summed E-state index contributed by atoms with van der Waals surface area (Å²) >= 11 is 5.71. The van der Waals surface area contributed by atoms with E-state index in [9.17, 15) is 0 Å². The van der Waals surface area contributed by atoms with Crippen molar-refractivity contribution >= 4 is 11.6 Å². The first-order chi connectivity index (χ1) is 6.27. The summed E-state index contributed by atoms with van der Waals surface area (Å²) in [6.45, 7) is 0. The quantitative estimate of drug-likeness (QED) is 0.694. The number of nitriles is 1. The van der Waals surface area contributed by atoms with Crippen molar-refractivity contribution in [1.29, 1.82) is 5.26 Å². The molecule has 0 fully saturated rings. The van der Waals surface area contributed by atoms with Gasteiger partial charge in [-0.25, -0.2) is 0 Å². The maximum Gasteiger partial charge on any atom is 0.124 e. The molecule has 0 aromatic heterocycles. The Bertz CT molecular complexity index is 319. The second-order valence-corrected chi connectivity index (χ2v) is 3.14. The van der Waals surface area contributed by atoms with E-state index < -0.39 is 5.38 Å². The Morgan fingerprint density at radius 1 is 1.54 bits per heavy atom. The van der Waals surface area contributed by atoms with E-state index in [1.807, 2.05) is 30.3 Å². The van der Waals surface area contributed by atoms with Crippen molar-refractivity contribution in [3.8, 4) is 11.8 Å². The molecule has 0 aliphatic heterocycles. The highest BCUT2D eigenvalue weighted by atomic mass is 35.5. The number of ether oxygens (including phenoxy) is 1. The van der Waals surface area contributed by atoms with Gasteiger partial charge in [-0.15, -0.1) is 11.6 Å². The lowest BCUT2D eigenvalue weighted by Gasteiger charge is -2.07. The van der Waals surface area contributed by atoms with E-state index in [0.717, 1.165) is 11.3 Å². The van der Waals surface area contributed by atoms with E-state index in [0.29, 0.717) is 6.42 Å². The molecule has 1 aromatic carbocycles. The highest BCUT2D eigenvalue weighted by molar-refractivity contribution is 6.22. The summed E-state index contributed by atoms with van der Waals surface area (Å²) in [5.41, 5.74) is 0.964. The van der Waals surface area contributed by atoms with Crippen LogP contribution in [0.1, 0.15) is 5.56 Å². The molecule has 0 aliphatic carbocycles. The number of hydrogen-bond acceptors (Lipinski definition) is 2. The SMILES string of the molecule is COc1ccccc1CC(Cl)C#N. The summed E-state index contributed by atoms with van der Waals surface area (Å²) in [4.78, 5) is 0. The number of halogens is 1. The molecule has 1 rings (SSSR count). The fraction of sp³-hybridized carbons (Fsp3) is 0.300. The molecule has 13 heavy (non-hydrogen) atoms. The molecule has 2 nitrogen and oxygen atoms in total. The number of benzene rings is 1. The van der Waals surface area contributed by atoms with Gasteiger partial charge in [-0.2, -0.15) is 5.26 Å². The minimum atomic E-state index is -0.490. The average Bonchev–Trinajstić information content (AvgIpc) is 2.18. The minimum Gasteiger partial charge on any atom is -0.496 e. The zero-order valence-electron chi connectivity index (χ0n) is 7.33. The van der Waals surface area contributed by atoms with E-state index in [-0.39, 0.29) is 0 Å². The summed E-state index contributed by atoms with van der Waals surface area (Å²) < 4.78 is 5.12. The molecular formula is C10H10ClNO. The van der Waals surface area contributed by atoms with E-state index in [4.69, 9.17) is 21.6 Å². The number of rotatable bonds is 3. The zero-order chi connectivity index (χ0) is 9.68. The van der Waals surface area contributed by atoms with Crippen LogP contribution in [0.5, 0.6) is 5.75 Å². The zero-order valence-corrected chi connectivity index (χ0v) is 8.08. The maximum absolute atomic E-state index is 8.54. The van der Waals surface area contributed by atoms with Gasteiger partial charge in [0.15, 0.2) is 0 Å². The highest BCUT2D eigenvalue weighted by Gasteiger charge is 2.07. The van der Waals surface area contributed by atoms with Crippen molar-refractivity contribution in [2.45, 2.75) is 11.8 Å². The third kappa shape index (κ3) is 2.64. The molecule has 1 unspecified atom stereocenters. The lowest BCUT2D eigenvalue weighted by Crippen LogP contribution is -2.01. The number of methoxy groups -OCH3 is 1. The smallest absolute Gasteiger partial charge is 0.124 e. The summed E-state index contributed by atoms with van der Waals surface area (Å²) in [5, 5.41) is 8.05. The molecule has 0 heterocycles. The van der Waals surface area contributed by atoms with E-state index in [2.05, 4.69) is 0 Å². The predicted molar refractivity (Wildman–Crippen MR) is 52.0 cm³/mol. The fourth-order valence-corrected chi connectivity index (χ4v) is 1.28. The highest BCUT2D eigenvalue weighted by Crippen LogP contribution is 2.20. The Morgan fingerprint density at radius 3 is 2.85 bits per heavy atom. The first-order valence-electron chi connectivity index (χ1n) is 3.93. The van der Waals surface area contributed by atoms with Crippen molar-refractivity contribution in [2.75, 3.05) is 7.11 Å². The molecular weight excluding hydrogens is 186 g/mol. The number of nitrogens with zero attached hydrogens (tertiary/aromatic N) is 1. The summed E-state index contributed by atoms with van der Waals surface area (Å²) in [5.74, 6) is 0.781. The largest absolute Gasteiger partial charge is 0.496 e. The van der Waals surface area contributed by atoms with Gasteiger partial charge in [-0.1, -0.05) is 18.2 Å². The van der Waals surface area contributed by atoms with Crippen molar-refractivity contribution in [3.63, 3.8) is 0 Å². The fourth-order valence-electron chi connectivity index (χ4n) is 1.11. The maximum atomic E-state index is 8.54. The topological polar surface area (TPSA) is 33.0 Å².